The van der Waals surface area contributed by atoms with Gasteiger partial charge in [-0.3, -0.25) is 4.57 Å². The predicted octanol–water partition coefficient (Wildman–Crippen LogP) is 1.87. The van der Waals surface area contributed by atoms with Crippen molar-refractivity contribution in [3.63, 3.8) is 0 Å². The first-order chi connectivity index (χ1) is 13.0. The average Bonchev–Trinajstić information content (AvgIpc) is 3.30. The van der Waals surface area contributed by atoms with Crippen LogP contribution in [-0.2, 0) is 22.8 Å². The highest BCUT2D eigenvalue weighted by molar-refractivity contribution is 7.99. The van der Waals surface area contributed by atoms with Crippen molar-refractivity contribution in [2.24, 2.45) is 5.92 Å². The number of benzene rings is 1. The third-order valence-electron chi connectivity index (χ3n) is 4.67. The van der Waals surface area contributed by atoms with E-state index in [1.807, 2.05) is 24.3 Å². The van der Waals surface area contributed by atoms with Crippen molar-refractivity contribution in [1.29, 1.82) is 0 Å². The summed E-state index contributed by atoms with van der Waals surface area (Å²) < 4.78 is 30.4. The highest BCUT2D eigenvalue weighted by Crippen LogP contribution is 2.24. The Morgan fingerprint density at radius 2 is 2.15 bits per heavy atom. The Morgan fingerprint density at radius 1 is 1.30 bits per heavy atom. The van der Waals surface area contributed by atoms with Gasteiger partial charge in [0.05, 0.1) is 22.5 Å². The van der Waals surface area contributed by atoms with Crippen LogP contribution >= 0.6 is 11.8 Å². The van der Waals surface area contributed by atoms with Crippen LogP contribution in [0.2, 0.25) is 0 Å². The third-order valence-corrected chi connectivity index (χ3v) is 7.41. The van der Waals surface area contributed by atoms with E-state index in [1.54, 1.807) is 4.57 Å². The molecule has 0 saturated carbocycles. The zero-order valence-electron chi connectivity index (χ0n) is 14.6. The number of nitrogens with one attached hydrogen (secondary N) is 1. The topological polar surface area (TPSA) is 111 Å². The summed E-state index contributed by atoms with van der Waals surface area (Å²) in [5, 5.41) is 8.52. The Bertz CT molecular complexity index is 1100. The number of aromatic nitrogens is 4. The van der Waals surface area contributed by atoms with E-state index in [0.29, 0.717) is 30.5 Å². The third kappa shape index (κ3) is 4.27. The van der Waals surface area contributed by atoms with Crippen LogP contribution in [-0.4, -0.2) is 45.4 Å². The molecule has 1 fully saturated rings. The number of H-pyrrole nitrogens is 1. The molecule has 1 aliphatic rings. The number of aryl methyl sites for hydroxylation is 1. The van der Waals surface area contributed by atoms with Crippen molar-refractivity contribution in [1.82, 2.24) is 19.7 Å². The van der Waals surface area contributed by atoms with Gasteiger partial charge in [-0.05, 0) is 30.9 Å². The second-order valence-electron chi connectivity index (χ2n) is 6.74. The lowest BCUT2D eigenvalue weighted by molar-refractivity contribution is 0.389. The van der Waals surface area contributed by atoms with Gasteiger partial charge in [-0.2, -0.15) is 0 Å². The first-order valence-electron chi connectivity index (χ1n) is 8.83. The van der Waals surface area contributed by atoms with E-state index in [4.69, 9.17) is 4.42 Å². The molecule has 0 amide bonds. The minimum Gasteiger partial charge on any atom is -0.416 e. The number of sulfone groups is 1. The molecule has 0 aliphatic carbocycles. The molecule has 0 spiro atoms. The van der Waals surface area contributed by atoms with Crippen LogP contribution in [0.15, 0.2) is 38.7 Å². The van der Waals surface area contributed by atoms with E-state index in [-0.39, 0.29) is 23.1 Å². The molecule has 1 aromatic carbocycles. The fourth-order valence-corrected chi connectivity index (χ4v) is 5.93. The maximum Gasteiger partial charge on any atom is 0.326 e. The summed E-state index contributed by atoms with van der Waals surface area (Å²) >= 11 is 1.45. The summed E-state index contributed by atoms with van der Waals surface area (Å²) in [5.74, 6) is 1.76. The lowest BCUT2D eigenvalue weighted by atomic mass is 10.1. The summed E-state index contributed by atoms with van der Waals surface area (Å²) in [6.45, 7) is 0.608. The SMILES string of the molecule is O=c1[nH]c2ccccc2n1CCCSc1nnc(CC2CCS(=O)(=O)C2)o1. The van der Waals surface area contributed by atoms with Gasteiger partial charge in [0.2, 0.25) is 5.89 Å². The molecule has 1 N–H and O–H groups in total. The molecular weight excluding hydrogens is 388 g/mol. The average molecular weight is 409 g/mol. The van der Waals surface area contributed by atoms with Crippen LogP contribution < -0.4 is 5.69 Å². The van der Waals surface area contributed by atoms with Gasteiger partial charge in [-0.1, -0.05) is 23.9 Å². The predicted molar refractivity (Wildman–Crippen MR) is 103 cm³/mol. The second-order valence-corrected chi connectivity index (χ2v) is 10.0. The molecule has 3 aromatic rings. The quantitative estimate of drug-likeness (QED) is 0.469. The molecule has 1 saturated heterocycles. The molecule has 2 aromatic heterocycles. The number of rotatable bonds is 7. The normalized spacial score (nSPS) is 19.0. The fourth-order valence-electron chi connectivity index (χ4n) is 3.37. The van der Waals surface area contributed by atoms with E-state index in [0.717, 1.165) is 23.2 Å². The summed E-state index contributed by atoms with van der Waals surface area (Å²) in [6.07, 6.45) is 1.95. The number of nitrogens with zero attached hydrogens (tertiary/aromatic N) is 3. The van der Waals surface area contributed by atoms with Crippen LogP contribution in [0.4, 0.5) is 0 Å². The zero-order chi connectivity index (χ0) is 18.9. The molecule has 0 bridgehead atoms. The Hall–Kier alpha value is -2.07. The van der Waals surface area contributed by atoms with E-state index in [2.05, 4.69) is 15.2 Å². The molecule has 10 heteroatoms. The number of hydrogen-bond acceptors (Lipinski definition) is 7. The summed E-state index contributed by atoms with van der Waals surface area (Å²) in [7, 11) is -2.89. The Labute approximate surface area is 160 Å². The van der Waals surface area contributed by atoms with Crippen LogP contribution in [0.25, 0.3) is 11.0 Å². The molecule has 27 heavy (non-hydrogen) atoms. The number of fused-ring (bicyclic) bond motifs is 1. The monoisotopic (exact) mass is 408 g/mol. The Morgan fingerprint density at radius 3 is 2.96 bits per heavy atom. The summed E-state index contributed by atoms with van der Waals surface area (Å²) in [6, 6.07) is 7.62. The Balaban J connectivity index is 1.28. The zero-order valence-corrected chi connectivity index (χ0v) is 16.3. The molecule has 0 radical (unpaired) electrons. The minimum atomic E-state index is -2.89. The number of hydrogen-bond donors (Lipinski definition) is 1. The second kappa shape index (κ2) is 7.51. The molecule has 3 heterocycles. The molecule has 8 nitrogen and oxygen atoms in total. The first kappa shape index (κ1) is 18.3. The number of imidazole rings is 1. The molecule has 1 atom stereocenters. The molecular formula is C17H20N4O4S2. The van der Waals surface area contributed by atoms with E-state index in [9.17, 15) is 13.2 Å². The van der Waals surface area contributed by atoms with E-state index in [1.165, 1.54) is 11.8 Å². The number of aromatic amines is 1. The van der Waals surface area contributed by atoms with Crippen LogP contribution in [0.3, 0.4) is 0 Å². The van der Waals surface area contributed by atoms with Crippen molar-refractivity contribution in [2.75, 3.05) is 17.3 Å². The maximum absolute atomic E-state index is 12.0. The maximum atomic E-state index is 12.0. The van der Waals surface area contributed by atoms with Crippen LogP contribution in [0, 0.1) is 5.92 Å². The molecule has 4 rings (SSSR count). The highest BCUT2D eigenvalue weighted by atomic mass is 32.2. The van der Waals surface area contributed by atoms with Gasteiger partial charge in [0, 0.05) is 18.7 Å². The molecule has 144 valence electrons. The van der Waals surface area contributed by atoms with Crippen molar-refractivity contribution >= 4 is 32.6 Å². The van der Waals surface area contributed by atoms with Crippen molar-refractivity contribution in [3.05, 3.63) is 40.6 Å². The van der Waals surface area contributed by atoms with Crippen molar-refractivity contribution < 1.29 is 12.8 Å². The van der Waals surface area contributed by atoms with Gasteiger partial charge in [-0.15, -0.1) is 10.2 Å². The minimum absolute atomic E-state index is 0.0713. The van der Waals surface area contributed by atoms with Crippen LogP contribution in [0.5, 0.6) is 0 Å². The standard InChI is InChI=1S/C17H20N4O4S2/c22-16-18-13-4-1-2-5-14(13)21(16)7-3-8-26-17-20-19-15(25-17)10-12-6-9-27(23,24)11-12/h1-2,4-5,12H,3,6-11H2,(H,18,22). The molecule has 1 unspecified atom stereocenters. The Kier molecular flexibility index (Phi) is 5.09. The smallest absolute Gasteiger partial charge is 0.326 e. The fraction of sp³-hybridized carbons (Fsp3) is 0.471. The van der Waals surface area contributed by atoms with E-state index < -0.39 is 9.84 Å². The van der Waals surface area contributed by atoms with Crippen LogP contribution in [0.1, 0.15) is 18.7 Å². The van der Waals surface area contributed by atoms with Crippen molar-refractivity contribution in [3.8, 4) is 0 Å². The van der Waals surface area contributed by atoms with Gasteiger partial charge >= 0.3 is 5.69 Å². The number of para-hydroxylation sites is 2. The van der Waals surface area contributed by atoms with Gasteiger partial charge in [-0.25, -0.2) is 13.2 Å². The van der Waals surface area contributed by atoms with Gasteiger partial charge in [0.25, 0.3) is 5.22 Å². The largest absolute Gasteiger partial charge is 0.416 e. The first-order valence-corrected chi connectivity index (χ1v) is 11.6. The lowest BCUT2D eigenvalue weighted by Gasteiger charge is -2.02. The molecule has 1 aliphatic heterocycles. The number of thioether (sulfide) groups is 1. The van der Waals surface area contributed by atoms with E-state index >= 15 is 0 Å². The van der Waals surface area contributed by atoms with Gasteiger partial charge in [0.1, 0.15) is 0 Å². The van der Waals surface area contributed by atoms with Gasteiger partial charge < -0.3 is 9.40 Å². The van der Waals surface area contributed by atoms with Gasteiger partial charge in [0.15, 0.2) is 9.84 Å². The lowest BCUT2D eigenvalue weighted by Crippen LogP contribution is -2.17. The summed E-state index contributed by atoms with van der Waals surface area (Å²) in [5.41, 5.74) is 1.64. The highest BCUT2D eigenvalue weighted by Gasteiger charge is 2.29. The summed E-state index contributed by atoms with van der Waals surface area (Å²) in [4.78, 5) is 14.9. The van der Waals surface area contributed by atoms with Crippen molar-refractivity contribution in [2.45, 2.75) is 31.0 Å².